The molecule has 1 aliphatic rings. The molecule has 1 N–H and O–H groups in total. The van der Waals surface area contributed by atoms with E-state index in [1.54, 1.807) is 0 Å². The van der Waals surface area contributed by atoms with E-state index in [1.807, 2.05) is 29.2 Å². The molecule has 1 aliphatic heterocycles. The van der Waals surface area contributed by atoms with Gasteiger partial charge in [0.1, 0.15) is 0 Å². The molecule has 0 radical (unpaired) electrons. The minimum atomic E-state index is -0.0820. The summed E-state index contributed by atoms with van der Waals surface area (Å²) in [6.45, 7) is 2.75. The van der Waals surface area contributed by atoms with Crippen LogP contribution < -0.4 is 5.32 Å². The molecule has 1 aromatic rings. The number of nitrogens with one attached hydrogen (secondary N) is 1. The molecule has 6 heteroatoms. The molecule has 0 saturated carbocycles. The van der Waals surface area contributed by atoms with Gasteiger partial charge in [-0.25, -0.2) is 0 Å². The molecule has 20 heavy (non-hydrogen) atoms. The highest BCUT2D eigenvalue weighted by atomic mass is 35.5. The number of carbonyl (C=O) groups excluding carboxylic acids is 1. The Hall–Kier alpha value is -1.17. The Morgan fingerprint density at radius 2 is 2.05 bits per heavy atom. The molecule has 0 atom stereocenters. The van der Waals surface area contributed by atoms with E-state index in [0.29, 0.717) is 36.2 Å². The zero-order valence-corrected chi connectivity index (χ0v) is 12.7. The highest BCUT2D eigenvalue weighted by molar-refractivity contribution is 7.80. The smallest absolute Gasteiger partial charge is 0.226 e. The first-order chi connectivity index (χ1) is 9.66. The molecule has 108 valence electrons. The number of thiocarbonyl (C=S) groups is 1. The Morgan fingerprint density at radius 1 is 1.35 bits per heavy atom. The summed E-state index contributed by atoms with van der Waals surface area (Å²) in [6.07, 6.45) is 0.978. The van der Waals surface area contributed by atoms with Crippen molar-refractivity contribution < 1.29 is 9.53 Å². The van der Waals surface area contributed by atoms with E-state index in [2.05, 4.69) is 5.32 Å². The second-order valence-electron chi connectivity index (χ2n) is 4.54. The average Bonchev–Trinajstić information content (AvgIpc) is 2.47. The van der Waals surface area contributed by atoms with Crippen molar-refractivity contribution in [1.29, 1.82) is 0 Å². The lowest BCUT2D eigenvalue weighted by Gasteiger charge is -2.28. The Balaban J connectivity index is 1.77. The fraction of sp³-hybridized carbons (Fsp3) is 0.429. The summed E-state index contributed by atoms with van der Waals surface area (Å²) in [4.78, 5) is 13.8. The lowest BCUT2D eigenvalue weighted by molar-refractivity contribution is -0.119. The minimum absolute atomic E-state index is 0.0820. The summed E-state index contributed by atoms with van der Waals surface area (Å²) in [5, 5.41) is 3.93. The molecular weight excluding hydrogens is 296 g/mol. The van der Waals surface area contributed by atoms with Crippen LogP contribution in [-0.2, 0) is 16.0 Å². The summed E-state index contributed by atoms with van der Waals surface area (Å²) >= 11 is 11.3. The van der Waals surface area contributed by atoms with Crippen LogP contribution in [0, 0.1) is 0 Å². The Morgan fingerprint density at radius 3 is 2.75 bits per heavy atom. The van der Waals surface area contributed by atoms with E-state index in [9.17, 15) is 4.79 Å². The van der Waals surface area contributed by atoms with Gasteiger partial charge in [-0.3, -0.25) is 4.79 Å². The molecule has 1 heterocycles. The molecule has 2 rings (SSSR count). The lowest BCUT2D eigenvalue weighted by atomic mass is 10.1. The van der Waals surface area contributed by atoms with Gasteiger partial charge in [0.2, 0.25) is 5.91 Å². The van der Waals surface area contributed by atoms with Gasteiger partial charge in [0.25, 0.3) is 0 Å². The van der Waals surface area contributed by atoms with Crippen molar-refractivity contribution in [1.82, 2.24) is 10.2 Å². The Kier molecular flexibility index (Phi) is 5.76. The van der Waals surface area contributed by atoms with Gasteiger partial charge in [-0.2, -0.15) is 0 Å². The number of carbonyl (C=O) groups is 1. The van der Waals surface area contributed by atoms with Crippen molar-refractivity contribution in [2.45, 2.75) is 12.8 Å². The van der Waals surface area contributed by atoms with Crippen molar-refractivity contribution in [2.24, 2.45) is 0 Å². The summed E-state index contributed by atoms with van der Waals surface area (Å²) in [5.74, 6) is -0.0820. The van der Waals surface area contributed by atoms with Crippen molar-refractivity contribution in [3.63, 3.8) is 0 Å². The van der Waals surface area contributed by atoms with Crippen LogP contribution in [0.3, 0.4) is 0 Å². The molecule has 0 unspecified atom stereocenters. The van der Waals surface area contributed by atoms with E-state index in [-0.39, 0.29) is 5.91 Å². The van der Waals surface area contributed by atoms with Gasteiger partial charge in [-0.15, -0.1) is 0 Å². The van der Waals surface area contributed by atoms with Gasteiger partial charge in [0.05, 0.1) is 13.2 Å². The van der Waals surface area contributed by atoms with E-state index >= 15 is 0 Å². The first-order valence-corrected chi connectivity index (χ1v) is 7.35. The SMILES string of the molecule is O=C(CCc1ccccc1Cl)NC(=S)N1CCOCC1. The first-order valence-electron chi connectivity index (χ1n) is 6.57. The Bertz CT molecular complexity index is 490. The fourth-order valence-corrected chi connectivity index (χ4v) is 2.50. The van der Waals surface area contributed by atoms with Crippen LogP contribution in [0.2, 0.25) is 5.02 Å². The molecule has 1 saturated heterocycles. The summed E-state index contributed by atoms with van der Waals surface area (Å²) in [6, 6.07) is 7.54. The normalized spacial score (nSPS) is 14.9. The van der Waals surface area contributed by atoms with E-state index in [4.69, 9.17) is 28.6 Å². The zero-order valence-electron chi connectivity index (χ0n) is 11.1. The van der Waals surface area contributed by atoms with Crippen LogP contribution in [0.4, 0.5) is 0 Å². The maximum Gasteiger partial charge on any atom is 0.226 e. The Labute approximate surface area is 129 Å². The average molecular weight is 313 g/mol. The molecule has 1 aromatic carbocycles. The number of ether oxygens (including phenoxy) is 1. The zero-order chi connectivity index (χ0) is 14.4. The van der Waals surface area contributed by atoms with Crippen molar-refractivity contribution in [2.75, 3.05) is 26.3 Å². The number of rotatable bonds is 3. The van der Waals surface area contributed by atoms with E-state index in [0.717, 1.165) is 18.7 Å². The number of aryl methyl sites for hydroxylation is 1. The maximum absolute atomic E-state index is 11.9. The summed E-state index contributed by atoms with van der Waals surface area (Å²) in [5.41, 5.74) is 0.974. The van der Waals surface area contributed by atoms with Crippen molar-refractivity contribution >= 4 is 34.8 Å². The van der Waals surface area contributed by atoms with E-state index in [1.165, 1.54) is 0 Å². The quantitative estimate of drug-likeness (QED) is 0.867. The highest BCUT2D eigenvalue weighted by Gasteiger charge is 2.15. The molecule has 0 aromatic heterocycles. The predicted octanol–water partition coefficient (Wildman–Crippen LogP) is 2.01. The number of amides is 1. The minimum Gasteiger partial charge on any atom is -0.378 e. The van der Waals surface area contributed by atoms with Gasteiger partial charge in [-0.05, 0) is 30.3 Å². The van der Waals surface area contributed by atoms with Gasteiger partial charge in [-0.1, -0.05) is 29.8 Å². The fourth-order valence-electron chi connectivity index (χ4n) is 1.98. The highest BCUT2D eigenvalue weighted by Crippen LogP contribution is 2.16. The van der Waals surface area contributed by atoms with Crippen LogP contribution in [0.15, 0.2) is 24.3 Å². The second-order valence-corrected chi connectivity index (χ2v) is 5.34. The third-order valence-corrected chi connectivity index (χ3v) is 3.85. The number of halogens is 1. The molecule has 1 amide bonds. The van der Waals surface area contributed by atoms with Gasteiger partial charge >= 0.3 is 0 Å². The van der Waals surface area contributed by atoms with Crippen LogP contribution in [0.1, 0.15) is 12.0 Å². The predicted molar refractivity (Wildman–Crippen MR) is 82.9 cm³/mol. The van der Waals surface area contributed by atoms with Crippen LogP contribution in [0.25, 0.3) is 0 Å². The number of benzene rings is 1. The maximum atomic E-state index is 11.9. The van der Waals surface area contributed by atoms with Crippen molar-refractivity contribution in [3.8, 4) is 0 Å². The first kappa shape index (κ1) is 15.2. The van der Waals surface area contributed by atoms with E-state index < -0.39 is 0 Å². The van der Waals surface area contributed by atoms with Crippen LogP contribution in [0.5, 0.6) is 0 Å². The van der Waals surface area contributed by atoms with Gasteiger partial charge in [0, 0.05) is 24.5 Å². The van der Waals surface area contributed by atoms with Gasteiger partial charge in [0.15, 0.2) is 5.11 Å². The largest absolute Gasteiger partial charge is 0.378 e. The molecule has 0 spiro atoms. The van der Waals surface area contributed by atoms with Crippen LogP contribution in [-0.4, -0.2) is 42.2 Å². The monoisotopic (exact) mass is 312 g/mol. The molecule has 1 fully saturated rings. The summed E-state index contributed by atoms with van der Waals surface area (Å²) < 4.78 is 5.24. The molecular formula is C14H17ClN2O2S. The molecule has 0 bridgehead atoms. The number of hydrogen-bond acceptors (Lipinski definition) is 3. The second kappa shape index (κ2) is 7.57. The number of morpholine rings is 1. The van der Waals surface area contributed by atoms with Gasteiger partial charge < -0.3 is 15.0 Å². The number of nitrogens with zero attached hydrogens (tertiary/aromatic N) is 1. The third-order valence-electron chi connectivity index (χ3n) is 3.12. The standard InChI is InChI=1S/C14H17ClN2O2S/c15-12-4-2-1-3-11(12)5-6-13(18)16-14(20)17-7-9-19-10-8-17/h1-4H,5-10H2,(H,16,18,20). The summed E-state index contributed by atoms with van der Waals surface area (Å²) in [7, 11) is 0. The number of hydrogen-bond donors (Lipinski definition) is 1. The van der Waals surface area contributed by atoms with Crippen LogP contribution >= 0.6 is 23.8 Å². The molecule has 0 aliphatic carbocycles. The third kappa shape index (κ3) is 4.44. The lowest BCUT2D eigenvalue weighted by Crippen LogP contribution is -2.47. The molecule has 4 nitrogen and oxygen atoms in total. The van der Waals surface area contributed by atoms with Crippen molar-refractivity contribution in [3.05, 3.63) is 34.9 Å². The topological polar surface area (TPSA) is 41.6 Å².